The fraction of sp³-hybridized carbons (Fsp3) is 0.316. The highest BCUT2D eigenvalue weighted by molar-refractivity contribution is 14.0. The molecular formula is C19H25IN6O2. The van der Waals surface area contributed by atoms with Gasteiger partial charge in [-0.15, -0.1) is 34.2 Å². The minimum atomic E-state index is 0. The molecule has 0 spiro atoms. The highest BCUT2D eigenvalue weighted by Crippen LogP contribution is 2.18. The SMILES string of the molecule is CCNC(=NCc1nnc2ccccn12)NCCOc1cccc(OC)c1.I. The molecule has 3 rings (SSSR count). The zero-order valence-electron chi connectivity index (χ0n) is 16.0. The maximum Gasteiger partial charge on any atom is 0.191 e. The molecule has 0 aliphatic heterocycles. The van der Waals surface area contributed by atoms with E-state index in [1.54, 1.807) is 7.11 Å². The van der Waals surface area contributed by atoms with Crippen molar-refractivity contribution in [2.75, 3.05) is 26.8 Å². The minimum Gasteiger partial charge on any atom is -0.497 e. The Morgan fingerprint density at radius 1 is 1.11 bits per heavy atom. The molecule has 0 amide bonds. The molecule has 28 heavy (non-hydrogen) atoms. The summed E-state index contributed by atoms with van der Waals surface area (Å²) in [6.45, 7) is 4.34. The maximum absolute atomic E-state index is 5.73. The fourth-order valence-electron chi connectivity index (χ4n) is 2.52. The van der Waals surface area contributed by atoms with E-state index in [0.29, 0.717) is 25.7 Å². The molecule has 0 unspecified atom stereocenters. The number of pyridine rings is 1. The predicted molar refractivity (Wildman–Crippen MR) is 120 cm³/mol. The molecule has 0 saturated heterocycles. The molecule has 2 aromatic heterocycles. The lowest BCUT2D eigenvalue weighted by Gasteiger charge is -2.12. The second kappa shape index (κ2) is 11.3. The van der Waals surface area contributed by atoms with Crippen LogP contribution in [0, 0.1) is 0 Å². The first-order chi connectivity index (χ1) is 13.3. The van der Waals surface area contributed by atoms with Gasteiger partial charge in [-0.05, 0) is 31.2 Å². The molecule has 0 aliphatic rings. The Labute approximate surface area is 181 Å². The van der Waals surface area contributed by atoms with Gasteiger partial charge in [-0.25, -0.2) is 4.99 Å². The van der Waals surface area contributed by atoms with Gasteiger partial charge in [0.25, 0.3) is 0 Å². The van der Waals surface area contributed by atoms with Crippen molar-refractivity contribution < 1.29 is 9.47 Å². The topological polar surface area (TPSA) is 85.1 Å². The van der Waals surface area contributed by atoms with Crippen LogP contribution >= 0.6 is 24.0 Å². The van der Waals surface area contributed by atoms with Gasteiger partial charge < -0.3 is 20.1 Å². The number of aromatic nitrogens is 3. The molecule has 0 saturated carbocycles. The van der Waals surface area contributed by atoms with E-state index in [2.05, 4.69) is 25.8 Å². The summed E-state index contributed by atoms with van der Waals surface area (Å²) in [6.07, 6.45) is 1.93. The fourth-order valence-corrected chi connectivity index (χ4v) is 2.52. The molecule has 0 radical (unpaired) electrons. The number of fused-ring (bicyclic) bond motifs is 1. The number of halogens is 1. The van der Waals surface area contributed by atoms with Crippen LogP contribution in [0.1, 0.15) is 12.7 Å². The van der Waals surface area contributed by atoms with Crippen LogP contribution in [0.4, 0.5) is 0 Å². The Morgan fingerprint density at radius 2 is 1.96 bits per heavy atom. The molecule has 0 fully saturated rings. The largest absolute Gasteiger partial charge is 0.497 e. The Hall–Kier alpha value is -2.56. The normalized spacial score (nSPS) is 11.0. The number of guanidine groups is 1. The van der Waals surface area contributed by atoms with Crippen LogP contribution in [0.2, 0.25) is 0 Å². The lowest BCUT2D eigenvalue weighted by Crippen LogP contribution is -2.39. The third-order valence-corrected chi connectivity index (χ3v) is 3.81. The summed E-state index contributed by atoms with van der Waals surface area (Å²) < 4.78 is 12.9. The highest BCUT2D eigenvalue weighted by Gasteiger charge is 2.04. The van der Waals surface area contributed by atoms with Crippen molar-refractivity contribution in [1.29, 1.82) is 0 Å². The third-order valence-electron chi connectivity index (χ3n) is 3.81. The average molecular weight is 496 g/mol. The molecule has 0 aliphatic carbocycles. The molecular weight excluding hydrogens is 471 g/mol. The summed E-state index contributed by atoms with van der Waals surface area (Å²) in [5.41, 5.74) is 0.812. The lowest BCUT2D eigenvalue weighted by atomic mass is 10.3. The van der Waals surface area contributed by atoms with E-state index in [9.17, 15) is 0 Å². The predicted octanol–water partition coefficient (Wildman–Crippen LogP) is 2.49. The van der Waals surface area contributed by atoms with Gasteiger partial charge in [-0.1, -0.05) is 12.1 Å². The summed E-state index contributed by atoms with van der Waals surface area (Å²) in [6, 6.07) is 13.3. The Balaban J connectivity index is 0.00000280. The number of hydrogen-bond acceptors (Lipinski definition) is 5. The van der Waals surface area contributed by atoms with E-state index in [4.69, 9.17) is 9.47 Å². The Kier molecular flexibility index (Phi) is 8.79. The number of hydrogen-bond donors (Lipinski definition) is 2. The van der Waals surface area contributed by atoms with Crippen molar-refractivity contribution in [2.45, 2.75) is 13.5 Å². The second-order valence-electron chi connectivity index (χ2n) is 5.69. The van der Waals surface area contributed by atoms with Crippen LogP contribution in [0.5, 0.6) is 11.5 Å². The number of nitrogens with one attached hydrogen (secondary N) is 2. The first kappa shape index (κ1) is 21.7. The summed E-state index contributed by atoms with van der Waals surface area (Å²) in [4.78, 5) is 4.57. The molecule has 8 nitrogen and oxygen atoms in total. The van der Waals surface area contributed by atoms with Gasteiger partial charge in [0.15, 0.2) is 17.4 Å². The van der Waals surface area contributed by atoms with Gasteiger partial charge >= 0.3 is 0 Å². The number of ether oxygens (including phenoxy) is 2. The van der Waals surface area contributed by atoms with Crippen LogP contribution < -0.4 is 20.1 Å². The number of nitrogens with zero attached hydrogens (tertiary/aromatic N) is 4. The molecule has 3 aromatic rings. The van der Waals surface area contributed by atoms with Gasteiger partial charge in [-0.2, -0.15) is 0 Å². The van der Waals surface area contributed by atoms with E-state index in [-0.39, 0.29) is 24.0 Å². The third kappa shape index (κ3) is 5.98. The van der Waals surface area contributed by atoms with Gasteiger partial charge in [-0.3, -0.25) is 4.40 Å². The smallest absolute Gasteiger partial charge is 0.191 e. The molecule has 150 valence electrons. The van der Waals surface area contributed by atoms with Gasteiger partial charge in [0.2, 0.25) is 0 Å². The number of aliphatic imine (C=N–C) groups is 1. The van der Waals surface area contributed by atoms with Gasteiger partial charge in [0.05, 0.1) is 13.7 Å². The van der Waals surface area contributed by atoms with Crippen LogP contribution in [-0.2, 0) is 6.54 Å². The quantitative estimate of drug-likeness (QED) is 0.216. The summed E-state index contributed by atoms with van der Waals surface area (Å²) in [5.74, 6) is 3.04. The lowest BCUT2D eigenvalue weighted by molar-refractivity contribution is 0.319. The highest BCUT2D eigenvalue weighted by atomic mass is 127. The molecule has 2 N–H and O–H groups in total. The van der Waals surface area contributed by atoms with E-state index in [1.165, 1.54) is 0 Å². The van der Waals surface area contributed by atoms with E-state index in [1.807, 2.05) is 60.0 Å². The molecule has 2 heterocycles. The van der Waals surface area contributed by atoms with E-state index in [0.717, 1.165) is 29.5 Å². The van der Waals surface area contributed by atoms with Crippen LogP contribution in [-0.4, -0.2) is 47.4 Å². The van der Waals surface area contributed by atoms with Gasteiger partial charge in [0.1, 0.15) is 24.7 Å². The van der Waals surface area contributed by atoms with Crippen LogP contribution in [0.3, 0.4) is 0 Å². The summed E-state index contributed by atoms with van der Waals surface area (Å²) >= 11 is 0. The molecule has 0 atom stereocenters. The molecule has 9 heteroatoms. The zero-order chi connectivity index (χ0) is 18.9. The van der Waals surface area contributed by atoms with E-state index >= 15 is 0 Å². The first-order valence-electron chi connectivity index (χ1n) is 8.88. The van der Waals surface area contributed by atoms with Crippen LogP contribution in [0.25, 0.3) is 5.65 Å². The average Bonchev–Trinajstić information content (AvgIpc) is 3.12. The molecule has 1 aromatic carbocycles. The van der Waals surface area contributed by atoms with Gasteiger partial charge in [0, 0.05) is 18.8 Å². The Bertz CT molecular complexity index is 899. The van der Waals surface area contributed by atoms with Crippen molar-refractivity contribution in [3.05, 3.63) is 54.5 Å². The van der Waals surface area contributed by atoms with Crippen molar-refractivity contribution in [3.63, 3.8) is 0 Å². The number of benzene rings is 1. The van der Waals surface area contributed by atoms with Crippen molar-refractivity contribution >= 4 is 35.6 Å². The van der Waals surface area contributed by atoms with Crippen LogP contribution in [0.15, 0.2) is 53.7 Å². The van der Waals surface area contributed by atoms with E-state index < -0.39 is 0 Å². The first-order valence-corrected chi connectivity index (χ1v) is 8.88. The second-order valence-corrected chi connectivity index (χ2v) is 5.69. The number of rotatable bonds is 8. The zero-order valence-corrected chi connectivity index (χ0v) is 18.3. The van der Waals surface area contributed by atoms with Crippen molar-refractivity contribution in [1.82, 2.24) is 25.2 Å². The monoisotopic (exact) mass is 496 g/mol. The molecule has 0 bridgehead atoms. The van der Waals surface area contributed by atoms with Crippen molar-refractivity contribution in [3.8, 4) is 11.5 Å². The standard InChI is InChI=1S/C19H24N6O2.HI/c1-3-20-19(21-10-12-27-16-8-6-7-15(13-16)26-2)22-14-18-24-23-17-9-4-5-11-25(17)18;/h4-9,11,13H,3,10,12,14H2,1-2H3,(H2,20,21,22);1H. The summed E-state index contributed by atoms with van der Waals surface area (Å²) in [5, 5.41) is 14.8. The summed E-state index contributed by atoms with van der Waals surface area (Å²) in [7, 11) is 1.64. The minimum absolute atomic E-state index is 0. The Morgan fingerprint density at radius 3 is 2.79 bits per heavy atom. The number of methoxy groups -OCH3 is 1. The van der Waals surface area contributed by atoms with Crippen molar-refractivity contribution in [2.24, 2.45) is 4.99 Å². The maximum atomic E-state index is 5.73.